The summed E-state index contributed by atoms with van der Waals surface area (Å²) in [4.78, 5) is 24.2. The molecule has 0 aliphatic heterocycles. The summed E-state index contributed by atoms with van der Waals surface area (Å²) in [7, 11) is 0. The Morgan fingerprint density at radius 2 is 1.41 bits per heavy atom. The Bertz CT molecular complexity index is 953. The fourth-order valence-corrected chi connectivity index (χ4v) is 2.54. The smallest absolute Gasteiger partial charge is 0.271 e. The Kier molecular flexibility index (Phi) is 6.12. The third-order valence-corrected chi connectivity index (χ3v) is 4.22. The average Bonchev–Trinajstić information content (AvgIpc) is 2.70. The van der Waals surface area contributed by atoms with Crippen LogP contribution in [0.5, 0.6) is 0 Å². The summed E-state index contributed by atoms with van der Waals surface area (Å²) in [5, 5.41) is 6.74. The van der Waals surface area contributed by atoms with Gasteiger partial charge in [-0.2, -0.15) is 5.10 Å². The highest BCUT2D eigenvalue weighted by molar-refractivity contribution is 9.10. The fraction of sp³-hybridized carbons (Fsp3) is 0. The number of rotatable bonds is 5. The Balaban J connectivity index is 1.57. The molecule has 5 nitrogen and oxygen atoms in total. The van der Waals surface area contributed by atoms with Crippen molar-refractivity contribution >= 4 is 39.6 Å². The van der Waals surface area contributed by atoms with Crippen LogP contribution in [0.1, 0.15) is 26.3 Å². The molecule has 0 saturated carbocycles. The first-order valence-electron chi connectivity index (χ1n) is 8.17. The highest BCUT2D eigenvalue weighted by Gasteiger charge is 2.07. The summed E-state index contributed by atoms with van der Waals surface area (Å²) in [6, 6.07) is 23.1. The summed E-state index contributed by atoms with van der Waals surface area (Å²) < 4.78 is 0.975. The second kappa shape index (κ2) is 8.91. The molecule has 0 aromatic heterocycles. The van der Waals surface area contributed by atoms with Gasteiger partial charge in [0.25, 0.3) is 11.8 Å². The number of nitrogens with zero attached hydrogens (tertiary/aromatic N) is 1. The molecule has 2 amide bonds. The molecule has 0 radical (unpaired) electrons. The standard InChI is InChI=1S/C21H16BrN3O2/c22-18-10-6-15(7-11-18)14-23-25-21(27)17-8-12-19(13-9-17)24-20(26)16-4-2-1-3-5-16/h1-14H,(H,24,26)(H,25,27)/b23-14-. The van der Waals surface area contributed by atoms with Crippen molar-refractivity contribution in [1.82, 2.24) is 5.43 Å². The van der Waals surface area contributed by atoms with E-state index >= 15 is 0 Å². The van der Waals surface area contributed by atoms with E-state index in [1.807, 2.05) is 30.3 Å². The van der Waals surface area contributed by atoms with Crippen molar-refractivity contribution in [2.24, 2.45) is 5.10 Å². The normalized spacial score (nSPS) is 10.6. The quantitative estimate of drug-likeness (QED) is 0.471. The lowest BCUT2D eigenvalue weighted by Gasteiger charge is -2.06. The number of anilines is 1. The lowest BCUT2D eigenvalue weighted by Crippen LogP contribution is -2.17. The predicted octanol–water partition coefficient (Wildman–Crippen LogP) is 4.47. The van der Waals surface area contributed by atoms with Crippen molar-refractivity contribution in [2.45, 2.75) is 0 Å². The third kappa shape index (κ3) is 5.36. The van der Waals surface area contributed by atoms with E-state index in [1.165, 1.54) is 0 Å². The second-order valence-electron chi connectivity index (χ2n) is 5.65. The number of nitrogens with one attached hydrogen (secondary N) is 2. The van der Waals surface area contributed by atoms with Crippen molar-refractivity contribution < 1.29 is 9.59 Å². The molecule has 0 heterocycles. The molecule has 2 N–H and O–H groups in total. The maximum Gasteiger partial charge on any atom is 0.271 e. The summed E-state index contributed by atoms with van der Waals surface area (Å²) >= 11 is 3.36. The molecule has 0 saturated heterocycles. The molecule has 0 aliphatic rings. The molecule has 0 spiro atoms. The number of carbonyl (C=O) groups is 2. The summed E-state index contributed by atoms with van der Waals surface area (Å²) in [6.07, 6.45) is 1.57. The van der Waals surface area contributed by atoms with Gasteiger partial charge in [0.15, 0.2) is 0 Å². The van der Waals surface area contributed by atoms with Gasteiger partial charge in [-0.05, 0) is 54.1 Å². The van der Waals surface area contributed by atoms with Crippen molar-refractivity contribution in [3.05, 3.63) is 100 Å². The van der Waals surface area contributed by atoms with Crippen LogP contribution in [0.3, 0.4) is 0 Å². The monoisotopic (exact) mass is 421 g/mol. The Morgan fingerprint density at radius 1 is 0.778 bits per heavy atom. The molecular weight excluding hydrogens is 406 g/mol. The van der Waals surface area contributed by atoms with Gasteiger partial charge < -0.3 is 5.32 Å². The van der Waals surface area contributed by atoms with E-state index in [0.717, 1.165) is 10.0 Å². The molecular formula is C21H16BrN3O2. The maximum absolute atomic E-state index is 12.1. The number of hydrogen-bond acceptors (Lipinski definition) is 3. The van der Waals surface area contributed by atoms with Gasteiger partial charge in [0.05, 0.1) is 6.21 Å². The van der Waals surface area contributed by atoms with Crippen molar-refractivity contribution in [3.8, 4) is 0 Å². The number of halogens is 1. The molecule has 3 aromatic rings. The van der Waals surface area contributed by atoms with Crippen molar-refractivity contribution in [2.75, 3.05) is 5.32 Å². The fourth-order valence-electron chi connectivity index (χ4n) is 2.28. The third-order valence-electron chi connectivity index (χ3n) is 3.69. The van der Waals surface area contributed by atoms with Crippen LogP contribution in [0.4, 0.5) is 5.69 Å². The summed E-state index contributed by atoms with van der Waals surface area (Å²) in [5.74, 6) is -0.531. The largest absolute Gasteiger partial charge is 0.322 e. The van der Waals surface area contributed by atoms with E-state index in [2.05, 4.69) is 31.8 Å². The van der Waals surface area contributed by atoms with Crippen LogP contribution in [-0.4, -0.2) is 18.0 Å². The Morgan fingerprint density at radius 3 is 2.07 bits per heavy atom. The van der Waals surface area contributed by atoms with Crippen LogP contribution < -0.4 is 10.7 Å². The number of carbonyl (C=O) groups excluding carboxylic acids is 2. The van der Waals surface area contributed by atoms with Crippen LogP contribution in [-0.2, 0) is 0 Å². The van der Waals surface area contributed by atoms with Gasteiger partial charge in [0.2, 0.25) is 0 Å². The lowest BCUT2D eigenvalue weighted by molar-refractivity contribution is 0.0954. The molecule has 0 atom stereocenters. The van der Waals surface area contributed by atoms with E-state index in [9.17, 15) is 9.59 Å². The molecule has 134 valence electrons. The molecule has 6 heteroatoms. The van der Waals surface area contributed by atoms with E-state index < -0.39 is 0 Å². The van der Waals surface area contributed by atoms with E-state index in [-0.39, 0.29) is 11.8 Å². The van der Waals surface area contributed by atoms with Gasteiger partial charge in [-0.1, -0.05) is 46.3 Å². The minimum atomic E-state index is -0.329. The van der Waals surface area contributed by atoms with Gasteiger partial charge in [0.1, 0.15) is 0 Å². The van der Waals surface area contributed by atoms with Gasteiger partial charge in [-0.25, -0.2) is 5.43 Å². The highest BCUT2D eigenvalue weighted by atomic mass is 79.9. The van der Waals surface area contributed by atoms with Crippen LogP contribution in [0.25, 0.3) is 0 Å². The molecule has 3 rings (SSSR count). The van der Waals surface area contributed by atoms with E-state index in [1.54, 1.807) is 54.7 Å². The zero-order valence-corrected chi connectivity index (χ0v) is 15.8. The zero-order valence-electron chi connectivity index (χ0n) is 14.2. The van der Waals surface area contributed by atoms with Crippen LogP contribution >= 0.6 is 15.9 Å². The van der Waals surface area contributed by atoms with Gasteiger partial charge in [0, 0.05) is 21.3 Å². The number of amides is 2. The van der Waals surface area contributed by atoms with Gasteiger partial charge in [-0.15, -0.1) is 0 Å². The van der Waals surface area contributed by atoms with E-state index in [0.29, 0.717) is 16.8 Å². The van der Waals surface area contributed by atoms with E-state index in [4.69, 9.17) is 0 Å². The lowest BCUT2D eigenvalue weighted by atomic mass is 10.1. The van der Waals surface area contributed by atoms with Gasteiger partial charge >= 0.3 is 0 Å². The maximum atomic E-state index is 12.1. The van der Waals surface area contributed by atoms with Crippen molar-refractivity contribution in [3.63, 3.8) is 0 Å². The predicted molar refractivity (Wildman–Crippen MR) is 110 cm³/mol. The summed E-state index contributed by atoms with van der Waals surface area (Å²) in [5.41, 5.74) is 4.98. The highest BCUT2D eigenvalue weighted by Crippen LogP contribution is 2.12. The minimum absolute atomic E-state index is 0.202. The first kappa shape index (κ1) is 18.5. The van der Waals surface area contributed by atoms with Crippen LogP contribution in [0, 0.1) is 0 Å². The first-order valence-corrected chi connectivity index (χ1v) is 8.96. The molecule has 0 aliphatic carbocycles. The average molecular weight is 422 g/mol. The number of benzene rings is 3. The van der Waals surface area contributed by atoms with Crippen LogP contribution in [0.15, 0.2) is 88.4 Å². The van der Waals surface area contributed by atoms with Crippen LogP contribution in [0.2, 0.25) is 0 Å². The second-order valence-corrected chi connectivity index (χ2v) is 6.56. The molecule has 0 bridgehead atoms. The Labute approximate surface area is 165 Å². The first-order chi connectivity index (χ1) is 13.1. The van der Waals surface area contributed by atoms with Gasteiger partial charge in [-0.3, -0.25) is 9.59 Å². The molecule has 27 heavy (non-hydrogen) atoms. The minimum Gasteiger partial charge on any atom is -0.322 e. The molecule has 0 fully saturated rings. The van der Waals surface area contributed by atoms with Crippen molar-refractivity contribution in [1.29, 1.82) is 0 Å². The summed E-state index contributed by atoms with van der Waals surface area (Å²) in [6.45, 7) is 0. The SMILES string of the molecule is O=C(N/N=C\c1ccc(Br)cc1)c1ccc(NC(=O)c2ccccc2)cc1. The molecule has 0 unspecified atom stereocenters. The zero-order chi connectivity index (χ0) is 19.1. The molecule has 3 aromatic carbocycles. The topological polar surface area (TPSA) is 70.6 Å². The number of hydrogen-bond donors (Lipinski definition) is 2. The Hall–Kier alpha value is -3.25. The number of hydrazone groups is 1.